The van der Waals surface area contributed by atoms with E-state index in [9.17, 15) is 9.90 Å². The predicted octanol–water partition coefficient (Wildman–Crippen LogP) is 1.60. The molecule has 0 spiro atoms. The monoisotopic (exact) mass is 316 g/mol. The van der Waals surface area contributed by atoms with Crippen molar-refractivity contribution in [3.8, 4) is 5.75 Å². The number of benzene rings is 1. The molecule has 0 aliphatic carbocycles. The van der Waals surface area contributed by atoms with Gasteiger partial charge in [0, 0.05) is 5.56 Å². The topological polar surface area (TPSA) is 57.5 Å². The van der Waals surface area contributed by atoms with E-state index in [1.807, 2.05) is 6.07 Å². The van der Waals surface area contributed by atoms with Gasteiger partial charge in [0.2, 0.25) is 0 Å². The van der Waals surface area contributed by atoms with Crippen molar-refractivity contribution in [2.24, 2.45) is 0 Å². The Labute approximate surface area is 157 Å². The van der Waals surface area contributed by atoms with Gasteiger partial charge in [-0.2, -0.15) is 0 Å². The smallest absolute Gasteiger partial charge is 1.00 e. The zero-order chi connectivity index (χ0) is 15.7. The Morgan fingerprint density at radius 2 is 1.55 bits per heavy atom. The van der Waals surface area contributed by atoms with Crippen LogP contribution in [-0.2, 0) is 24.1 Å². The van der Waals surface area contributed by atoms with Gasteiger partial charge in [0.05, 0.1) is 6.42 Å². The minimum atomic E-state index is -0.893. The van der Waals surface area contributed by atoms with Crippen molar-refractivity contribution in [3.05, 3.63) is 28.8 Å². The standard InChI is InChI=1S/C18H28O3.Na.H/c1-3-5-7-9-14-11-15(10-8-6-4-2)18(21)16(12-14)13-17(19)20;;/h11-12,21H,3-10,13H2,1-2H3,(H,19,20);;/q;+1;-1. The third kappa shape index (κ3) is 7.66. The third-order valence-corrected chi connectivity index (χ3v) is 3.79. The second kappa shape index (κ2) is 12.0. The fourth-order valence-electron chi connectivity index (χ4n) is 2.61. The molecular formula is C18H29NaO3. The van der Waals surface area contributed by atoms with E-state index >= 15 is 0 Å². The molecule has 0 fully saturated rings. The number of hydrogen-bond donors (Lipinski definition) is 2. The van der Waals surface area contributed by atoms with Crippen molar-refractivity contribution < 1.29 is 46.0 Å². The maximum atomic E-state index is 11.0. The SMILES string of the molecule is CCCCCc1cc(CCCCC)c(O)c(CC(=O)O)c1.[H-].[Na+]. The second-order valence-corrected chi connectivity index (χ2v) is 5.75. The van der Waals surface area contributed by atoms with E-state index in [1.165, 1.54) is 12.8 Å². The van der Waals surface area contributed by atoms with Gasteiger partial charge < -0.3 is 11.6 Å². The molecule has 0 bridgehead atoms. The van der Waals surface area contributed by atoms with Gasteiger partial charge in [0.25, 0.3) is 0 Å². The van der Waals surface area contributed by atoms with Crippen molar-refractivity contribution in [2.45, 2.75) is 71.6 Å². The molecule has 0 heterocycles. The molecule has 3 nitrogen and oxygen atoms in total. The molecule has 1 aromatic carbocycles. The van der Waals surface area contributed by atoms with Gasteiger partial charge in [0.15, 0.2) is 0 Å². The number of rotatable bonds is 10. The average molecular weight is 316 g/mol. The Morgan fingerprint density at radius 3 is 2.09 bits per heavy atom. The maximum Gasteiger partial charge on any atom is 1.00 e. The molecule has 0 aromatic heterocycles. The summed E-state index contributed by atoms with van der Waals surface area (Å²) >= 11 is 0. The zero-order valence-corrected chi connectivity index (χ0v) is 16.3. The number of carboxylic acids is 1. The molecular weight excluding hydrogens is 287 g/mol. The molecule has 1 aromatic rings. The Bertz CT molecular complexity index is 464. The molecule has 0 aliphatic rings. The first-order chi connectivity index (χ1) is 10.1. The average Bonchev–Trinajstić information content (AvgIpc) is 2.43. The molecule has 22 heavy (non-hydrogen) atoms. The molecule has 0 amide bonds. The number of hydrogen-bond acceptors (Lipinski definition) is 2. The van der Waals surface area contributed by atoms with Crippen LogP contribution in [-0.4, -0.2) is 16.2 Å². The van der Waals surface area contributed by atoms with Crippen molar-refractivity contribution in [2.75, 3.05) is 0 Å². The summed E-state index contributed by atoms with van der Waals surface area (Å²) in [6, 6.07) is 3.93. The van der Waals surface area contributed by atoms with E-state index in [0.29, 0.717) is 5.56 Å². The van der Waals surface area contributed by atoms with Crippen LogP contribution < -0.4 is 29.6 Å². The largest absolute Gasteiger partial charge is 1.00 e. The summed E-state index contributed by atoms with van der Waals surface area (Å²) in [5.41, 5.74) is 2.63. The minimum Gasteiger partial charge on any atom is -1.00 e. The summed E-state index contributed by atoms with van der Waals surface area (Å²) in [7, 11) is 0. The summed E-state index contributed by atoms with van der Waals surface area (Å²) in [5.74, 6) is -0.705. The number of aliphatic carboxylic acids is 1. The summed E-state index contributed by atoms with van der Waals surface area (Å²) in [4.78, 5) is 11.0. The fourth-order valence-corrected chi connectivity index (χ4v) is 2.61. The summed E-state index contributed by atoms with van der Waals surface area (Å²) in [6.45, 7) is 4.32. The van der Waals surface area contributed by atoms with E-state index < -0.39 is 5.97 Å². The number of aryl methyl sites for hydroxylation is 2. The van der Waals surface area contributed by atoms with E-state index in [2.05, 4.69) is 19.9 Å². The van der Waals surface area contributed by atoms with Crippen LogP contribution in [0.3, 0.4) is 0 Å². The molecule has 1 rings (SSSR count). The molecule has 0 unspecified atom stereocenters. The van der Waals surface area contributed by atoms with Crippen molar-refractivity contribution in [3.63, 3.8) is 0 Å². The first kappa shape index (κ1) is 21.5. The number of phenolic OH excluding ortho intramolecular Hbond substituents is 1. The molecule has 0 atom stereocenters. The van der Waals surface area contributed by atoms with Crippen LogP contribution in [0.1, 0.15) is 70.5 Å². The van der Waals surface area contributed by atoms with Crippen molar-refractivity contribution in [1.82, 2.24) is 0 Å². The second-order valence-electron chi connectivity index (χ2n) is 5.75. The number of aromatic hydroxyl groups is 1. The van der Waals surface area contributed by atoms with Gasteiger partial charge >= 0.3 is 35.5 Å². The zero-order valence-electron chi connectivity index (χ0n) is 15.3. The van der Waals surface area contributed by atoms with E-state index in [1.54, 1.807) is 0 Å². The Morgan fingerprint density at radius 1 is 1.00 bits per heavy atom. The number of phenols is 1. The van der Waals surface area contributed by atoms with Crippen LogP contribution in [0.5, 0.6) is 5.75 Å². The van der Waals surface area contributed by atoms with Crippen LogP contribution in [0.15, 0.2) is 12.1 Å². The summed E-state index contributed by atoms with van der Waals surface area (Å²) in [5, 5.41) is 19.3. The predicted molar refractivity (Wildman–Crippen MR) is 87.0 cm³/mol. The van der Waals surface area contributed by atoms with Gasteiger partial charge in [-0.1, -0.05) is 51.7 Å². The molecule has 120 valence electrons. The molecule has 0 saturated carbocycles. The fraction of sp³-hybridized carbons (Fsp3) is 0.611. The number of carboxylic acid groups (broad SMARTS) is 1. The van der Waals surface area contributed by atoms with Crippen LogP contribution >= 0.6 is 0 Å². The van der Waals surface area contributed by atoms with Crippen LogP contribution in [0.25, 0.3) is 0 Å². The van der Waals surface area contributed by atoms with E-state index in [4.69, 9.17) is 5.11 Å². The van der Waals surface area contributed by atoms with Crippen molar-refractivity contribution >= 4 is 5.97 Å². The van der Waals surface area contributed by atoms with Gasteiger partial charge in [-0.25, -0.2) is 0 Å². The van der Waals surface area contributed by atoms with Crippen LogP contribution in [0, 0.1) is 0 Å². The van der Waals surface area contributed by atoms with Gasteiger partial charge in [-0.3, -0.25) is 4.79 Å². The summed E-state index contributed by atoms with van der Waals surface area (Å²) < 4.78 is 0. The molecule has 0 radical (unpaired) electrons. The Kier molecular flexibility index (Phi) is 11.7. The van der Waals surface area contributed by atoms with Gasteiger partial charge in [-0.05, 0) is 36.8 Å². The molecule has 2 N–H and O–H groups in total. The minimum absolute atomic E-state index is 0. The van der Waals surface area contributed by atoms with Gasteiger partial charge in [-0.15, -0.1) is 0 Å². The van der Waals surface area contributed by atoms with Crippen LogP contribution in [0.4, 0.5) is 0 Å². The summed E-state index contributed by atoms with van der Waals surface area (Å²) in [6.07, 6.45) is 8.46. The Balaban J connectivity index is 0. The van der Waals surface area contributed by atoms with E-state index in [-0.39, 0.29) is 43.2 Å². The van der Waals surface area contributed by atoms with Gasteiger partial charge in [0.1, 0.15) is 5.75 Å². The van der Waals surface area contributed by atoms with E-state index in [0.717, 1.165) is 49.7 Å². The number of unbranched alkanes of at least 4 members (excludes halogenated alkanes) is 4. The third-order valence-electron chi connectivity index (χ3n) is 3.79. The quantitative estimate of drug-likeness (QED) is 0.509. The maximum absolute atomic E-state index is 11.0. The molecule has 0 aliphatic heterocycles. The normalized spacial score (nSPS) is 10.3. The Hall–Kier alpha value is -0.510. The van der Waals surface area contributed by atoms with Crippen LogP contribution in [0.2, 0.25) is 0 Å². The number of carbonyl (C=O) groups is 1. The molecule has 0 saturated heterocycles. The first-order valence-electron chi connectivity index (χ1n) is 8.13. The molecule has 4 heteroatoms. The van der Waals surface area contributed by atoms with Crippen molar-refractivity contribution in [1.29, 1.82) is 0 Å². The first-order valence-corrected chi connectivity index (χ1v) is 8.13.